The van der Waals surface area contributed by atoms with Gasteiger partial charge in [-0.05, 0) is 35.9 Å². The number of methoxy groups -OCH3 is 3. The second kappa shape index (κ2) is 11.1. The lowest BCUT2D eigenvalue weighted by molar-refractivity contribution is 0.0950. The zero-order valence-electron chi connectivity index (χ0n) is 17.9. The molecule has 0 heterocycles. The van der Waals surface area contributed by atoms with Gasteiger partial charge < -0.3 is 18.9 Å². The number of hydrogen-bond donors (Lipinski definition) is 1. The predicted octanol–water partition coefficient (Wildman–Crippen LogP) is 4.71. The Bertz CT molecular complexity index is 1100. The summed E-state index contributed by atoms with van der Waals surface area (Å²) in [6.45, 7) is 0.299. The zero-order chi connectivity index (χ0) is 22.9. The van der Waals surface area contributed by atoms with E-state index in [2.05, 4.69) is 10.5 Å². The molecular weight excluding hydrogens is 432 g/mol. The normalized spacial score (nSPS) is 10.6. The minimum Gasteiger partial charge on any atom is -0.496 e. The zero-order valence-corrected chi connectivity index (χ0v) is 18.7. The molecule has 0 aromatic heterocycles. The lowest BCUT2D eigenvalue weighted by Gasteiger charge is -2.12. The minimum atomic E-state index is -0.410. The summed E-state index contributed by atoms with van der Waals surface area (Å²) in [5.41, 5.74) is 4.42. The molecule has 7 nitrogen and oxygen atoms in total. The van der Waals surface area contributed by atoms with Crippen molar-refractivity contribution in [3.8, 4) is 23.0 Å². The number of amides is 1. The van der Waals surface area contributed by atoms with Crippen LogP contribution in [0.3, 0.4) is 0 Å². The highest BCUT2D eigenvalue weighted by Gasteiger charge is 2.13. The maximum Gasteiger partial charge on any atom is 0.275 e. The van der Waals surface area contributed by atoms with Crippen LogP contribution in [0.2, 0.25) is 5.02 Å². The molecule has 0 atom stereocenters. The fraction of sp³-hybridized carbons (Fsp3) is 0.167. The van der Waals surface area contributed by atoms with E-state index in [-0.39, 0.29) is 0 Å². The first-order valence-electron chi connectivity index (χ1n) is 9.65. The number of halogens is 1. The number of rotatable bonds is 9. The summed E-state index contributed by atoms with van der Waals surface area (Å²) in [7, 11) is 4.61. The second-order valence-corrected chi connectivity index (χ2v) is 7.00. The predicted molar refractivity (Wildman–Crippen MR) is 123 cm³/mol. The number of ether oxygens (including phenoxy) is 4. The van der Waals surface area contributed by atoms with E-state index in [1.807, 2.05) is 12.1 Å². The van der Waals surface area contributed by atoms with Crippen LogP contribution >= 0.6 is 11.6 Å². The fourth-order valence-corrected chi connectivity index (χ4v) is 3.02. The van der Waals surface area contributed by atoms with Gasteiger partial charge in [0.2, 0.25) is 0 Å². The summed E-state index contributed by atoms with van der Waals surface area (Å²) >= 11 is 5.91. The number of hydrogen-bond acceptors (Lipinski definition) is 6. The van der Waals surface area contributed by atoms with Crippen LogP contribution in [0.5, 0.6) is 23.0 Å². The lowest BCUT2D eigenvalue weighted by Crippen LogP contribution is -2.18. The van der Waals surface area contributed by atoms with Gasteiger partial charge in [-0.3, -0.25) is 4.79 Å². The van der Waals surface area contributed by atoms with Gasteiger partial charge in [0.1, 0.15) is 18.1 Å². The Kier molecular flexibility index (Phi) is 7.94. The van der Waals surface area contributed by atoms with Crippen LogP contribution in [0.4, 0.5) is 0 Å². The number of benzene rings is 3. The van der Waals surface area contributed by atoms with Gasteiger partial charge in [0, 0.05) is 16.7 Å². The van der Waals surface area contributed by atoms with Crippen LogP contribution in [-0.2, 0) is 6.61 Å². The molecule has 0 spiro atoms. The van der Waals surface area contributed by atoms with Crippen molar-refractivity contribution in [3.05, 3.63) is 82.4 Å². The van der Waals surface area contributed by atoms with Crippen molar-refractivity contribution in [3.63, 3.8) is 0 Å². The van der Waals surface area contributed by atoms with Crippen LogP contribution in [-0.4, -0.2) is 33.5 Å². The molecule has 0 radical (unpaired) electrons. The molecule has 1 amide bonds. The monoisotopic (exact) mass is 454 g/mol. The van der Waals surface area contributed by atoms with Crippen molar-refractivity contribution < 1.29 is 23.7 Å². The van der Waals surface area contributed by atoms with E-state index in [9.17, 15) is 4.79 Å². The van der Waals surface area contributed by atoms with Gasteiger partial charge in [-0.2, -0.15) is 5.10 Å². The Morgan fingerprint density at radius 2 is 1.56 bits per heavy atom. The quantitative estimate of drug-likeness (QED) is 0.374. The third-order valence-electron chi connectivity index (χ3n) is 4.54. The number of para-hydroxylation sites is 1. The highest BCUT2D eigenvalue weighted by atomic mass is 35.5. The van der Waals surface area contributed by atoms with Gasteiger partial charge in [-0.25, -0.2) is 5.43 Å². The number of carbonyl (C=O) groups is 1. The number of nitrogens with one attached hydrogen (secondary N) is 1. The topological polar surface area (TPSA) is 78.4 Å². The van der Waals surface area contributed by atoms with Crippen molar-refractivity contribution in [2.45, 2.75) is 6.61 Å². The third kappa shape index (κ3) is 5.70. The van der Waals surface area contributed by atoms with E-state index < -0.39 is 5.91 Å². The molecule has 1 N–H and O–H groups in total. The molecular formula is C24H23ClN2O5. The lowest BCUT2D eigenvalue weighted by atomic mass is 10.2. The average molecular weight is 455 g/mol. The van der Waals surface area contributed by atoms with Gasteiger partial charge in [-0.15, -0.1) is 0 Å². The van der Waals surface area contributed by atoms with Gasteiger partial charge in [0.05, 0.1) is 33.1 Å². The Labute approximate surface area is 191 Å². The average Bonchev–Trinajstić information content (AvgIpc) is 2.83. The Morgan fingerprint density at radius 1 is 0.906 bits per heavy atom. The van der Waals surface area contributed by atoms with E-state index in [0.29, 0.717) is 45.8 Å². The Morgan fingerprint density at radius 3 is 2.25 bits per heavy atom. The van der Waals surface area contributed by atoms with Gasteiger partial charge in [-0.1, -0.05) is 35.9 Å². The first kappa shape index (κ1) is 23.0. The van der Waals surface area contributed by atoms with Crippen molar-refractivity contribution >= 4 is 23.7 Å². The maximum atomic E-state index is 12.7. The summed E-state index contributed by atoms with van der Waals surface area (Å²) in [6.07, 6.45) is 1.47. The van der Waals surface area contributed by atoms with Gasteiger partial charge in [0.25, 0.3) is 5.91 Å². The summed E-state index contributed by atoms with van der Waals surface area (Å²) in [4.78, 5) is 12.7. The number of carbonyl (C=O) groups excluding carboxylic acids is 1. The van der Waals surface area contributed by atoms with Crippen molar-refractivity contribution in [2.24, 2.45) is 5.10 Å². The van der Waals surface area contributed by atoms with Gasteiger partial charge >= 0.3 is 0 Å². The molecule has 3 rings (SSSR count). The maximum absolute atomic E-state index is 12.7. The van der Waals surface area contributed by atoms with Crippen LogP contribution in [0.15, 0.2) is 65.8 Å². The Balaban J connectivity index is 1.71. The standard InChI is InChI=1S/C24H23ClN2O5/c1-29-21-13-23(31-3)22(30-2)12-17(21)14-26-27-24(28)19-6-4-5-7-20(19)32-15-16-8-10-18(25)11-9-16/h4-14H,15H2,1-3H3,(H,27,28)/b26-14-. The summed E-state index contributed by atoms with van der Waals surface area (Å²) in [5.74, 6) is 1.60. The molecule has 0 aliphatic rings. The van der Waals surface area contributed by atoms with E-state index in [1.54, 1.807) is 48.5 Å². The van der Waals surface area contributed by atoms with Crippen LogP contribution in [0.25, 0.3) is 0 Å². The molecule has 0 aliphatic heterocycles. The molecule has 0 bridgehead atoms. The van der Waals surface area contributed by atoms with Crippen LogP contribution in [0, 0.1) is 0 Å². The van der Waals surface area contributed by atoms with Crippen LogP contribution < -0.4 is 24.4 Å². The first-order chi connectivity index (χ1) is 15.5. The summed E-state index contributed by atoms with van der Waals surface area (Å²) in [6, 6.07) is 17.6. The number of hydrazone groups is 1. The van der Waals surface area contributed by atoms with Crippen molar-refractivity contribution in [2.75, 3.05) is 21.3 Å². The molecule has 0 unspecified atom stereocenters. The summed E-state index contributed by atoms with van der Waals surface area (Å²) < 4.78 is 21.8. The molecule has 166 valence electrons. The molecule has 8 heteroatoms. The second-order valence-electron chi connectivity index (χ2n) is 6.56. The molecule has 0 aliphatic carbocycles. The van der Waals surface area contributed by atoms with E-state index >= 15 is 0 Å². The van der Waals surface area contributed by atoms with E-state index in [0.717, 1.165) is 5.56 Å². The smallest absolute Gasteiger partial charge is 0.275 e. The molecule has 0 saturated heterocycles. The number of nitrogens with zero attached hydrogens (tertiary/aromatic N) is 1. The van der Waals surface area contributed by atoms with Gasteiger partial charge in [0.15, 0.2) is 11.5 Å². The highest BCUT2D eigenvalue weighted by molar-refractivity contribution is 6.30. The van der Waals surface area contributed by atoms with E-state index in [4.69, 9.17) is 30.5 Å². The summed E-state index contributed by atoms with van der Waals surface area (Å²) in [5, 5.41) is 4.71. The van der Waals surface area contributed by atoms with E-state index in [1.165, 1.54) is 27.5 Å². The fourth-order valence-electron chi connectivity index (χ4n) is 2.90. The molecule has 3 aromatic rings. The van der Waals surface area contributed by atoms with Crippen molar-refractivity contribution in [1.82, 2.24) is 5.43 Å². The van der Waals surface area contributed by atoms with Crippen molar-refractivity contribution in [1.29, 1.82) is 0 Å². The third-order valence-corrected chi connectivity index (χ3v) is 4.80. The SMILES string of the molecule is COc1cc(OC)c(OC)cc1/C=N\NC(=O)c1ccccc1OCc1ccc(Cl)cc1. The first-order valence-corrected chi connectivity index (χ1v) is 10.0. The molecule has 0 saturated carbocycles. The Hall–Kier alpha value is -3.71. The molecule has 32 heavy (non-hydrogen) atoms. The largest absolute Gasteiger partial charge is 0.496 e. The highest BCUT2D eigenvalue weighted by Crippen LogP contribution is 2.33. The van der Waals surface area contributed by atoms with Crippen LogP contribution in [0.1, 0.15) is 21.5 Å². The minimum absolute atomic E-state index is 0.299. The molecule has 0 fully saturated rings. The molecule has 3 aromatic carbocycles.